The van der Waals surface area contributed by atoms with E-state index in [1.807, 2.05) is 50.2 Å². The number of carbonyl (C=O) groups is 2. The minimum Gasteiger partial charge on any atom is -0.496 e. The SMILES string of the molecule is COc1ccc(C)cc1CN(C)C(=O)c1cccc(C(=O)N(C)Cc2cc(C)ccc2OC)n1. The molecule has 0 atom stereocenters. The molecule has 0 unspecified atom stereocenters. The van der Waals surface area contributed by atoms with E-state index in [4.69, 9.17) is 9.47 Å². The van der Waals surface area contributed by atoms with Crippen molar-refractivity contribution in [1.29, 1.82) is 0 Å². The van der Waals surface area contributed by atoms with Crippen LogP contribution in [-0.4, -0.2) is 54.9 Å². The van der Waals surface area contributed by atoms with Crippen molar-refractivity contribution < 1.29 is 19.1 Å². The quantitative estimate of drug-likeness (QED) is 0.501. The zero-order valence-electron chi connectivity index (χ0n) is 20.6. The summed E-state index contributed by atoms with van der Waals surface area (Å²) in [6.45, 7) is 4.70. The number of hydrogen-bond acceptors (Lipinski definition) is 5. The number of nitrogens with zero attached hydrogens (tertiary/aromatic N) is 3. The smallest absolute Gasteiger partial charge is 0.272 e. The lowest BCUT2D eigenvalue weighted by molar-refractivity contribution is 0.0771. The van der Waals surface area contributed by atoms with E-state index >= 15 is 0 Å². The number of rotatable bonds is 8. The largest absolute Gasteiger partial charge is 0.496 e. The molecule has 7 nitrogen and oxygen atoms in total. The third-order valence-corrected chi connectivity index (χ3v) is 5.57. The van der Waals surface area contributed by atoms with Gasteiger partial charge in [-0.25, -0.2) is 4.98 Å². The number of aromatic nitrogens is 1. The van der Waals surface area contributed by atoms with Crippen LogP contribution in [0.2, 0.25) is 0 Å². The Morgan fingerprint density at radius 2 is 1.15 bits per heavy atom. The summed E-state index contributed by atoms with van der Waals surface area (Å²) in [4.78, 5) is 33.6. The Hall–Kier alpha value is -3.87. The van der Waals surface area contributed by atoms with Crippen LogP contribution in [-0.2, 0) is 13.1 Å². The highest BCUT2D eigenvalue weighted by Gasteiger charge is 2.20. The number of carbonyl (C=O) groups excluding carboxylic acids is 2. The van der Waals surface area contributed by atoms with Crippen LogP contribution in [0.4, 0.5) is 0 Å². The van der Waals surface area contributed by atoms with Crippen molar-refractivity contribution >= 4 is 11.8 Å². The summed E-state index contributed by atoms with van der Waals surface area (Å²) in [5.74, 6) is 0.883. The van der Waals surface area contributed by atoms with Crippen LogP contribution < -0.4 is 9.47 Å². The molecule has 0 saturated carbocycles. The molecule has 0 spiro atoms. The monoisotopic (exact) mass is 461 g/mol. The number of benzene rings is 2. The maximum atomic E-state index is 13.1. The van der Waals surface area contributed by atoms with Gasteiger partial charge in [0.25, 0.3) is 11.8 Å². The van der Waals surface area contributed by atoms with E-state index in [0.29, 0.717) is 13.1 Å². The van der Waals surface area contributed by atoms with E-state index in [2.05, 4.69) is 4.98 Å². The first-order valence-electron chi connectivity index (χ1n) is 11.0. The van der Waals surface area contributed by atoms with Crippen molar-refractivity contribution in [3.63, 3.8) is 0 Å². The van der Waals surface area contributed by atoms with Crippen molar-refractivity contribution in [2.75, 3.05) is 28.3 Å². The second-order valence-corrected chi connectivity index (χ2v) is 8.36. The molecule has 0 saturated heterocycles. The number of amides is 2. The number of ether oxygens (including phenoxy) is 2. The van der Waals surface area contributed by atoms with Crippen LogP contribution >= 0.6 is 0 Å². The van der Waals surface area contributed by atoms with Crippen molar-refractivity contribution in [1.82, 2.24) is 14.8 Å². The molecule has 3 rings (SSSR count). The molecule has 0 bridgehead atoms. The van der Waals surface area contributed by atoms with Gasteiger partial charge < -0.3 is 19.3 Å². The average molecular weight is 462 g/mol. The van der Waals surface area contributed by atoms with Crippen molar-refractivity contribution in [2.24, 2.45) is 0 Å². The first-order chi connectivity index (χ1) is 16.2. The Labute approximate surface area is 200 Å². The Kier molecular flexibility index (Phi) is 7.89. The van der Waals surface area contributed by atoms with Crippen LogP contribution in [0.5, 0.6) is 11.5 Å². The van der Waals surface area contributed by atoms with Gasteiger partial charge in [-0.3, -0.25) is 9.59 Å². The molecule has 0 N–H and O–H groups in total. The van der Waals surface area contributed by atoms with Crippen LogP contribution in [0.15, 0.2) is 54.6 Å². The second kappa shape index (κ2) is 10.8. The van der Waals surface area contributed by atoms with Crippen molar-refractivity contribution in [3.05, 3.63) is 88.2 Å². The van der Waals surface area contributed by atoms with E-state index in [-0.39, 0.29) is 23.2 Å². The summed E-state index contributed by atoms with van der Waals surface area (Å²) in [7, 11) is 6.62. The van der Waals surface area contributed by atoms with Gasteiger partial charge in [0.05, 0.1) is 14.2 Å². The highest BCUT2D eigenvalue weighted by atomic mass is 16.5. The second-order valence-electron chi connectivity index (χ2n) is 8.36. The van der Waals surface area contributed by atoms with E-state index in [0.717, 1.165) is 33.8 Å². The fraction of sp³-hybridized carbons (Fsp3) is 0.296. The summed E-state index contributed by atoms with van der Waals surface area (Å²) in [6.07, 6.45) is 0. The van der Waals surface area contributed by atoms with E-state index in [9.17, 15) is 9.59 Å². The molecule has 1 aromatic heterocycles. The van der Waals surface area contributed by atoms with Gasteiger partial charge in [-0.2, -0.15) is 0 Å². The predicted molar refractivity (Wildman–Crippen MR) is 131 cm³/mol. The molecule has 0 fully saturated rings. The molecule has 1 heterocycles. The normalized spacial score (nSPS) is 10.5. The first-order valence-corrected chi connectivity index (χ1v) is 11.0. The standard InChI is InChI=1S/C27H31N3O4/c1-18-10-12-24(33-5)20(14-18)16-29(3)26(31)22-8-7-9-23(28-22)27(32)30(4)17-21-15-19(2)11-13-25(21)34-6/h7-15H,16-17H2,1-6H3. The van der Waals surface area contributed by atoms with Crippen LogP contribution in [0.25, 0.3) is 0 Å². The van der Waals surface area contributed by atoms with Gasteiger partial charge in [0.1, 0.15) is 22.9 Å². The van der Waals surface area contributed by atoms with Gasteiger partial charge >= 0.3 is 0 Å². The maximum absolute atomic E-state index is 13.1. The summed E-state index contributed by atoms with van der Waals surface area (Å²) in [5, 5.41) is 0. The summed E-state index contributed by atoms with van der Waals surface area (Å²) in [5.41, 5.74) is 4.38. The van der Waals surface area contributed by atoms with Crippen LogP contribution in [0.1, 0.15) is 43.2 Å². The van der Waals surface area contributed by atoms with E-state index in [1.165, 1.54) is 0 Å². The lowest BCUT2D eigenvalue weighted by atomic mass is 10.1. The fourth-order valence-corrected chi connectivity index (χ4v) is 3.78. The molecule has 0 aliphatic carbocycles. The number of hydrogen-bond donors (Lipinski definition) is 0. The van der Waals surface area contributed by atoms with Gasteiger partial charge in [-0.15, -0.1) is 0 Å². The first kappa shape index (κ1) is 24.8. The molecular formula is C27H31N3O4. The third kappa shape index (κ3) is 5.73. The molecule has 0 aliphatic rings. The highest BCUT2D eigenvalue weighted by molar-refractivity contribution is 5.96. The van der Waals surface area contributed by atoms with Crippen molar-refractivity contribution in [3.8, 4) is 11.5 Å². The molecule has 3 aromatic rings. The molecule has 178 valence electrons. The summed E-state index contributed by atoms with van der Waals surface area (Å²) in [6, 6.07) is 16.6. The number of pyridine rings is 1. The van der Waals surface area contributed by atoms with Crippen molar-refractivity contribution in [2.45, 2.75) is 26.9 Å². The Balaban J connectivity index is 1.76. The molecule has 0 radical (unpaired) electrons. The Morgan fingerprint density at radius 1 is 0.735 bits per heavy atom. The lowest BCUT2D eigenvalue weighted by Crippen LogP contribution is -2.30. The molecule has 34 heavy (non-hydrogen) atoms. The van der Waals surface area contributed by atoms with Gasteiger partial charge in [0, 0.05) is 38.3 Å². The zero-order chi connectivity index (χ0) is 24.8. The molecule has 7 heteroatoms. The maximum Gasteiger partial charge on any atom is 0.272 e. The topological polar surface area (TPSA) is 72.0 Å². The Morgan fingerprint density at radius 3 is 1.53 bits per heavy atom. The molecule has 2 amide bonds. The van der Waals surface area contributed by atoms with Gasteiger partial charge in [-0.05, 0) is 38.1 Å². The van der Waals surface area contributed by atoms with Gasteiger partial charge in [0.2, 0.25) is 0 Å². The minimum absolute atomic E-state index is 0.210. The molecular weight excluding hydrogens is 430 g/mol. The zero-order valence-corrected chi connectivity index (χ0v) is 20.6. The summed E-state index contributed by atoms with van der Waals surface area (Å²) >= 11 is 0. The van der Waals surface area contributed by atoms with E-state index < -0.39 is 0 Å². The third-order valence-electron chi connectivity index (χ3n) is 5.57. The lowest BCUT2D eigenvalue weighted by Gasteiger charge is -2.20. The average Bonchev–Trinajstić information content (AvgIpc) is 2.83. The Bertz CT molecular complexity index is 1100. The van der Waals surface area contributed by atoms with Gasteiger partial charge in [-0.1, -0.05) is 41.5 Å². The summed E-state index contributed by atoms with van der Waals surface area (Å²) < 4.78 is 10.8. The van der Waals surface area contributed by atoms with Crippen LogP contribution in [0, 0.1) is 13.8 Å². The molecule has 2 aromatic carbocycles. The number of aryl methyl sites for hydroxylation is 2. The van der Waals surface area contributed by atoms with Crippen LogP contribution in [0.3, 0.4) is 0 Å². The van der Waals surface area contributed by atoms with E-state index in [1.54, 1.807) is 56.3 Å². The minimum atomic E-state index is -0.277. The fourth-order valence-electron chi connectivity index (χ4n) is 3.78. The predicted octanol–water partition coefficient (Wildman–Crippen LogP) is 4.26. The highest BCUT2D eigenvalue weighted by Crippen LogP contribution is 2.23. The van der Waals surface area contributed by atoms with Gasteiger partial charge in [0.15, 0.2) is 0 Å². The molecule has 0 aliphatic heterocycles. The number of methoxy groups -OCH3 is 2.